The van der Waals surface area contributed by atoms with Crippen molar-refractivity contribution < 1.29 is 28.5 Å². The Morgan fingerprint density at radius 3 is 2.10 bits per heavy atom. The molecule has 1 amide bonds. The summed E-state index contributed by atoms with van der Waals surface area (Å²) in [6.45, 7) is 2.30. The van der Waals surface area contributed by atoms with Gasteiger partial charge in [0.2, 0.25) is 0 Å². The highest BCUT2D eigenvalue weighted by Gasteiger charge is 2.09. The highest BCUT2D eigenvalue weighted by molar-refractivity contribution is 5.92. The summed E-state index contributed by atoms with van der Waals surface area (Å²) in [6.07, 6.45) is 0.652. The lowest BCUT2D eigenvalue weighted by Gasteiger charge is -2.11. The van der Waals surface area contributed by atoms with Crippen LogP contribution in [0.4, 0.5) is 5.69 Å². The van der Waals surface area contributed by atoms with Gasteiger partial charge in [-0.3, -0.25) is 9.59 Å². The molecule has 0 aliphatic carbocycles. The maximum absolute atomic E-state index is 12.2. The number of carbonyl (C=O) groups is 2. The first-order valence-corrected chi connectivity index (χ1v) is 9.68. The molecule has 0 bridgehead atoms. The minimum absolute atomic E-state index is 0.238. The number of rotatable bonds is 10. The van der Waals surface area contributed by atoms with Crippen LogP contribution < -0.4 is 24.3 Å². The van der Waals surface area contributed by atoms with Crippen LogP contribution in [0.1, 0.15) is 17.3 Å². The lowest BCUT2D eigenvalue weighted by Crippen LogP contribution is -2.20. The lowest BCUT2D eigenvalue weighted by molar-refractivity contribution is -0.118. The molecule has 0 aliphatic rings. The molecule has 0 fully saturated rings. The second-order valence-corrected chi connectivity index (χ2v) is 6.39. The monoisotopic (exact) mass is 421 g/mol. The van der Waals surface area contributed by atoms with Crippen molar-refractivity contribution in [3.05, 3.63) is 72.3 Å². The van der Waals surface area contributed by atoms with Crippen molar-refractivity contribution in [1.82, 2.24) is 0 Å². The molecule has 0 saturated carbocycles. The third-order valence-electron chi connectivity index (χ3n) is 4.21. The molecule has 3 aromatic carbocycles. The summed E-state index contributed by atoms with van der Waals surface area (Å²) in [5.41, 5.74) is 0.904. The van der Waals surface area contributed by atoms with Crippen LogP contribution in [-0.4, -0.2) is 32.5 Å². The third kappa shape index (κ3) is 6.24. The summed E-state index contributed by atoms with van der Waals surface area (Å²) in [7, 11) is 1.51. The fraction of sp³-hybridized carbons (Fsp3) is 0.167. The predicted octanol–water partition coefficient (Wildman–Crippen LogP) is 4.72. The maximum Gasteiger partial charge on any atom is 0.262 e. The van der Waals surface area contributed by atoms with Crippen molar-refractivity contribution in [2.45, 2.75) is 6.92 Å². The standard InChI is InChI=1S/C24H23NO6/c1-3-29-19-8-10-21(11-9-19)31-20-6-4-18(5-7-20)25-24(27)16-30-23-13-12-22(28-2)14-17(23)15-26/h4-15H,3,16H2,1-2H3,(H,25,27). The number of aldehydes is 1. The third-order valence-corrected chi connectivity index (χ3v) is 4.21. The fourth-order valence-corrected chi connectivity index (χ4v) is 2.73. The molecule has 0 radical (unpaired) electrons. The van der Waals surface area contributed by atoms with E-state index >= 15 is 0 Å². The van der Waals surface area contributed by atoms with E-state index in [0.717, 1.165) is 5.75 Å². The highest BCUT2D eigenvalue weighted by Crippen LogP contribution is 2.25. The van der Waals surface area contributed by atoms with Crippen LogP contribution >= 0.6 is 0 Å². The van der Waals surface area contributed by atoms with E-state index in [1.807, 2.05) is 31.2 Å². The maximum atomic E-state index is 12.2. The number of methoxy groups -OCH3 is 1. The van der Waals surface area contributed by atoms with Crippen LogP contribution in [0.5, 0.6) is 28.7 Å². The first kappa shape index (κ1) is 21.7. The van der Waals surface area contributed by atoms with Crippen LogP contribution in [0.15, 0.2) is 66.7 Å². The zero-order valence-corrected chi connectivity index (χ0v) is 17.3. The van der Waals surface area contributed by atoms with Gasteiger partial charge in [-0.15, -0.1) is 0 Å². The van der Waals surface area contributed by atoms with E-state index in [9.17, 15) is 9.59 Å². The van der Waals surface area contributed by atoms with Gasteiger partial charge in [0.05, 0.1) is 19.3 Å². The average Bonchev–Trinajstić information content (AvgIpc) is 2.80. The van der Waals surface area contributed by atoms with Gasteiger partial charge in [0.15, 0.2) is 12.9 Å². The molecule has 31 heavy (non-hydrogen) atoms. The Morgan fingerprint density at radius 1 is 0.871 bits per heavy atom. The first-order chi connectivity index (χ1) is 15.1. The van der Waals surface area contributed by atoms with Crippen molar-refractivity contribution in [3.63, 3.8) is 0 Å². The molecule has 0 aliphatic heterocycles. The molecule has 3 rings (SSSR count). The molecule has 3 aromatic rings. The largest absolute Gasteiger partial charge is 0.497 e. The molecule has 7 nitrogen and oxygen atoms in total. The molecule has 160 valence electrons. The normalized spacial score (nSPS) is 10.1. The highest BCUT2D eigenvalue weighted by atomic mass is 16.5. The molecule has 0 spiro atoms. The Bertz CT molecular complexity index is 1020. The van der Waals surface area contributed by atoms with Gasteiger partial charge >= 0.3 is 0 Å². The van der Waals surface area contributed by atoms with Gasteiger partial charge in [-0.2, -0.15) is 0 Å². The van der Waals surface area contributed by atoms with E-state index < -0.39 is 0 Å². The predicted molar refractivity (Wildman–Crippen MR) is 117 cm³/mol. The molecule has 0 saturated heterocycles. The number of benzene rings is 3. The van der Waals surface area contributed by atoms with Crippen molar-refractivity contribution in [2.24, 2.45) is 0 Å². The molecule has 0 heterocycles. The van der Waals surface area contributed by atoms with Gasteiger partial charge in [-0.05, 0) is 73.7 Å². The van der Waals surface area contributed by atoms with Crippen LogP contribution in [-0.2, 0) is 4.79 Å². The van der Waals surface area contributed by atoms with Crippen molar-refractivity contribution in [2.75, 3.05) is 25.6 Å². The zero-order valence-electron chi connectivity index (χ0n) is 17.3. The summed E-state index contributed by atoms with van der Waals surface area (Å²) >= 11 is 0. The van der Waals surface area contributed by atoms with E-state index in [0.29, 0.717) is 47.1 Å². The fourth-order valence-electron chi connectivity index (χ4n) is 2.73. The Hall–Kier alpha value is -4.00. The lowest BCUT2D eigenvalue weighted by atomic mass is 10.2. The number of carbonyl (C=O) groups excluding carboxylic acids is 2. The van der Waals surface area contributed by atoms with E-state index in [1.165, 1.54) is 7.11 Å². The molecular formula is C24H23NO6. The minimum atomic E-state index is -0.354. The van der Waals surface area contributed by atoms with E-state index in [-0.39, 0.29) is 12.5 Å². The summed E-state index contributed by atoms with van der Waals surface area (Å²) in [5, 5.41) is 2.74. The smallest absolute Gasteiger partial charge is 0.262 e. The Balaban J connectivity index is 1.52. The van der Waals surface area contributed by atoms with Gasteiger partial charge in [-0.1, -0.05) is 0 Å². The average molecular weight is 421 g/mol. The van der Waals surface area contributed by atoms with Gasteiger partial charge in [0.1, 0.15) is 28.7 Å². The van der Waals surface area contributed by atoms with Gasteiger partial charge in [0.25, 0.3) is 5.91 Å². The van der Waals surface area contributed by atoms with Crippen LogP contribution in [0.2, 0.25) is 0 Å². The van der Waals surface area contributed by atoms with Crippen molar-refractivity contribution in [3.8, 4) is 28.7 Å². The number of hydrogen-bond donors (Lipinski definition) is 1. The molecule has 0 unspecified atom stereocenters. The summed E-state index contributed by atoms with van der Waals surface area (Å²) < 4.78 is 21.7. The van der Waals surface area contributed by atoms with Gasteiger partial charge in [-0.25, -0.2) is 0 Å². The van der Waals surface area contributed by atoms with Crippen molar-refractivity contribution >= 4 is 17.9 Å². The van der Waals surface area contributed by atoms with Crippen LogP contribution in [0, 0.1) is 0 Å². The second-order valence-electron chi connectivity index (χ2n) is 6.39. The topological polar surface area (TPSA) is 83.1 Å². The molecule has 0 aromatic heterocycles. The van der Waals surface area contributed by atoms with E-state index in [2.05, 4.69) is 5.32 Å². The number of nitrogens with one attached hydrogen (secondary N) is 1. The van der Waals surface area contributed by atoms with Crippen LogP contribution in [0.25, 0.3) is 0 Å². The van der Waals surface area contributed by atoms with Crippen LogP contribution in [0.3, 0.4) is 0 Å². The SMILES string of the molecule is CCOc1ccc(Oc2ccc(NC(=O)COc3ccc(OC)cc3C=O)cc2)cc1. The molecule has 7 heteroatoms. The number of anilines is 1. The summed E-state index contributed by atoms with van der Waals surface area (Å²) in [4.78, 5) is 23.4. The minimum Gasteiger partial charge on any atom is -0.497 e. The molecular weight excluding hydrogens is 398 g/mol. The summed E-state index contributed by atoms with van der Waals surface area (Å²) in [6, 6.07) is 19.1. The summed E-state index contributed by atoms with van der Waals surface area (Å²) in [5.74, 6) is 2.58. The Morgan fingerprint density at radius 2 is 1.48 bits per heavy atom. The Labute approximate surface area is 180 Å². The second kappa shape index (κ2) is 10.7. The quantitative estimate of drug-likeness (QED) is 0.477. The van der Waals surface area contributed by atoms with Crippen molar-refractivity contribution in [1.29, 1.82) is 0 Å². The Kier molecular flexibility index (Phi) is 7.48. The molecule has 0 atom stereocenters. The number of hydrogen-bond acceptors (Lipinski definition) is 6. The van der Waals surface area contributed by atoms with E-state index in [4.69, 9.17) is 18.9 Å². The molecule has 1 N–H and O–H groups in total. The zero-order chi connectivity index (χ0) is 22.1. The first-order valence-electron chi connectivity index (χ1n) is 9.68. The van der Waals surface area contributed by atoms with Gasteiger partial charge < -0.3 is 24.3 Å². The number of amides is 1. The number of ether oxygens (including phenoxy) is 4. The van der Waals surface area contributed by atoms with Gasteiger partial charge in [0, 0.05) is 5.69 Å². The van der Waals surface area contributed by atoms with E-state index in [1.54, 1.807) is 42.5 Å².